The number of thioether (sulfide) groups is 1. The Balaban J connectivity index is 1.42. The average Bonchev–Trinajstić information content (AvgIpc) is 3.32. The van der Waals surface area contributed by atoms with Crippen LogP contribution in [0.15, 0.2) is 95.2 Å². The second-order valence-corrected chi connectivity index (χ2v) is 8.64. The Labute approximate surface area is 215 Å². The van der Waals surface area contributed by atoms with E-state index < -0.39 is 4.92 Å². The minimum atomic E-state index is -0.457. The largest absolute Gasteiger partial charge is 0.276 e. The molecule has 1 N–H and O–H groups in total. The minimum Gasteiger partial charge on any atom is -0.272 e. The van der Waals surface area contributed by atoms with Gasteiger partial charge in [-0.1, -0.05) is 65.8 Å². The highest BCUT2D eigenvalue weighted by Gasteiger charge is 2.17. The summed E-state index contributed by atoms with van der Waals surface area (Å²) in [5.41, 5.74) is 4.55. The quantitative estimate of drug-likeness (QED) is 0.137. The van der Waals surface area contributed by atoms with E-state index in [4.69, 9.17) is 11.6 Å². The summed E-state index contributed by atoms with van der Waals surface area (Å²) >= 11 is 7.27. The summed E-state index contributed by atoms with van der Waals surface area (Å²) in [7, 11) is 0. The predicted molar refractivity (Wildman–Crippen MR) is 141 cm³/mol. The minimum absolute atomic E-state index is 0.0118. The lowest BCUT2D eigenvalue weighted by atomic mass is 10.2. The van der Waals surface area contributed by atoms with E-state index >= 15 is 0 Å². The normalized spacial score (nSPS) is 11.2. The third-order valence-corrected chi connectivity index (χ3v) is 6.02. The number of aromatic nitrogens is 3. The lowest BCUT2D eigenvalue weighted by Crippen LogP contribution is -2.19. The second kappa shape index (κ2) is 11.9. The Bertz CT molecular complexity index is 1420. The Hall–Kier alpha value is -4.28. The van der Waals surface area contributed by atoms with E-state index in [2.05, 4.69) is 20.7 Å². The monoisotopic (exact) mass is 518 g/mol. The van der Waals surface area contributed by atoms with Crippen LogP contribution in [0.4, 0.5) is 5.69 Å². The summed E-state index contributed by atoms with van der Waals surface area (Å²) < 4.78 is 1.86. The highest BCUT2D eigenvalue weighted by Crippen LogP contribution is 2.28. The van der Waals surface area contributed by atoms with Gasteiger partial charge in [0.05, 0.1) is 16.2 Å². The van der Waals surface area contributed by atoms with Gasteiger partial charge in [0.1, 0.15) is 0 Å². The van der Waals surface area contributed by atoms with Crippen LogP contribution in [-0.2, 0) is 4.79 Å². The second-order valence-electron chi connectivity index (χ2n) is 7.26. The van der Waals surface area contributed by atoms with Gasteiger partial charge in [0, 0.05) is 28.6 Å². The van der Waals surface area contributed by atoms with Gasteiger partial charge in [-0.2, -0.15) is 5.10 Å². The van der Waals surface area contributed by atoms with Crippen LogP contribution in [0.2, 0.25) is 5.02 Å². The molecule has 0 bridgehead atoms. The van der Waals surface area contributed by atoms with Gasteiger partial charge in [-0.3, -0.25) is 19.5 Å². The van der Waals surface area contributed by atoms with Gasteiger partial charge in [0.15, 0.2) is 11.0 Å². The number of carbonyl (C=O) groups is 1. The van der Waals surface area contributed by atoms with Crippen molar-refractivity contribution >= 4 is 47.2 Å². The number of carbonyl (C=O) groups excluding carboxylic acids is 1. The van der Waals surface area contributed by atoms with Gasteiger partial charge in [-0.25, -0.2) is 5.43 Å². The summed E-state index contributed by atoms with van der Waals surface area (Å²) in [6, 6.07) is 23.2. The first kappa shape index (κ1) is 24.8. The molecule has 1 aromatic heterocycles. The molecule has 0 aliphatic rings. The van der Waals surface area contributed by atoms with Gasteiger partial charge < -0.3 is 0 Å². The number of para-hydroxylation sites is 1. The number of allylic oxidation sites excluding steroid dienone is 1. The zero-order chi connectivity index (χ0) is 25.3. The highest BCUT2D eigenvalue weighted by molar-refractivity contribution is 7.99. The molecule has 0 aliphatic heterocycles. The molecule has 0 unspecified atom stereocenters. The lowest BCUT2D eigenvalue weighted by molar-refractivity contribution is -0.385. The number of halogens is 1. The molecule has 3 aromatic carbocycles. The molecule has 11 heteroatoms. The Morgan fingerprint density at radius 2 is 1.78 bits per heavy atom. The molecule has 180 valence electrons. The van der Waals surface area contributed by atoms with E-state index in [-0.39, 0.29) is 17.3 Å². The molecule has 0 spiro atoms. The number of nitrogens with zero attached hydrogens (tertiary/aromatic N) is 5. The van der Waals surface area contributed by atoms with Crippen molar-refractivity contribution in [3.05, 3.63) is 106 Å². The smallest absolute Gasteiger partial charge is 0.272 e. The summed E-state index contributed by atoms with van der Waals surface area (Å²) in [5, 5.41) is 24.7. The standard InChI is InChI=1S/C25H19ClN6O3S/c26-20-12-14-21(15-13-20)31-24(19-8-2-1-3-9-19)29-30-25(31)36-17-23(33)28-27-16-6-10-18-7-4-5-11-22(18)32(34)35/h1-16H,17H2,(H,28,33)/b10-6+,27-16+. The number of hydrogen-bond donors (Lipinski definition) is 1. The van der Waals surface area contributed by atoms with Crippen LogP contribution < -0.4 is 5.43 Å². The average molecular weight is 519 g/mol. The number of rotatable bonds is 9. The van der Waals surface area contributed by atoms with Crippen molar-refractivity contribution in [3.63, 3.8) is 0 Å². The fourth-order valence-electron chi connectivity index (χ4n) is 3.22. The third kappa shape index (κ3) is 6.23. The van der Waals surface area contributed by atoms with Crippen molar-refractivity contribution in [1.82, 2.24) is 20.2 Å². The van der Waals surface area contributed by atoms with Crippen molar-refractivity contribution in [1.29, 1.82) is 0 Å². The van der Waals surface area contributed by atoms with Crippen LogP contribution in [0.1, 0.15) is 5.56 Å². The molecule has 0 radical (unpaired) electrons. The molecular weight excluding hydrogens is 500 g/mol. The molecule has 4 aromatic rings. The molecule has 4 rings (SSSR count). The van der Waals surface area contributed by atoms with Gasteiger partial charge >= 0.3 is 0 Å². The molecule has 9 nitrogen and oxygen atoms in total. The van der Waals surface area contributed by atoms with Crippen molar-refractivity contribution < 1.29 is 9.72 Å². The zero-order valence-corrected chi connectivity index (χ0v) is 20.3. The number of amides is 1. The van der Waals surface area contributed by atoms with Gasteiger partial charge in [0.25, 0.3) is 11.6 Å². The van der Waals surface area contributed by atoms with Gasteiger partial charge in [0.2, 0.25) is 0 Å². The Morgan fingerprint density at radius 1 is 1.06 bits per heavy atom. The predicted octanol–water partition coefficient (Wildman–Crippen LogP) is 5.40. The Kier molecular flexibility index (Phi) is 8.22. The summed E-state index contributed by atoms with van der Waals surface area (Å²) in [6.45, 7) is 0. The number of benzene rings is 3. The first-order valence-electron chi connectivity index (χ1n) is 10.6. The van der Waals surface area contributed by atoms with Gasteiger partial charge in [-0.05, 0) is 42.5 Å². The van der Waals surface area contributed by atoms with Crippen molar-refractivity contribution in [3.8, 4) is 17.1 Å². The van der Waals surface area contributed by atoms with Crippen LogP contribution in [0.25, 0.3) is 23.2 Å². The summed E-state index contributed by atoms with van der Waals surface area (Å²) in [4.78, 5) is 22.9. The van der Waals surface area contributed by atoms with E-state index in [0.717, 1.165) is 11.3 Å². The van der Waals surface area contributed by atoms with E-state index in [9.17, 15) is 14.9 Å². The van der Waals surface area contributed by atoms with Crippen LogP contribution in [0.3, 0.4) is 0 Å². The molecule has 0 fully saturated rings. The summed E-state index contributed by atoms with van der Waals surface area (Å²) in [6.07, 6.45) is 4.41. The fourth-order valence-corrected chi connectivity index (χ4v) is 4.09. The number of nitro benzene ring substituents is 1. The van der Waals surface area contributed by atoms with Crippen molar-refractivity contribution in [2.45, 2.75) is 5.16 Å². The fraction of sp³-hybridized carbons (Fsp3) is 0.0400. The van der Waals surface area contributed by atoms with Crippen LogP contribution >= 0.6 is 23.4 Å². The van der Waals surface area contributed by atoms with E-state index in [1.165, 1.54) is 30.1 Å². The summed E-state index contributed by atoms with van der Waals surface area (Å²) in [5.74, 6) is 0.340. The van der Waals surface area contributed by atoms with Crippen LogP contribution in [-0.4, -0.2) is 37.6 Å². The lowest BCUT2D eigenvalue weighted by Gasteiger charge is -2.10. The zero-order valence-electron chi connectivity index (χ0n) is 18.7. The molecule has 1 amide bonds. The third-order valence-electron chi connectivity index (χ3n) is 4.84. The molecule has 0 aliphatic carbocycles. The maximum Gasteiger partial charge on any atom is 0.276 e. The maximum absolute atomic E-state index is 12.3. The molecule has 0 saturated heterocycles. The molecule has 0 saturated carbocycles. The van der Waals surface area contributed by atoms with Crippen molar-refractivity contribution in [2.75, 3.05) is 5.75 Å². The maximum atomic E-state index is 12.3. The Morgan fingerprint density at radius 3 is 2.53 bits per heavy atom. The number of nitro groups is 1. The molecule has 36 heavy (non-hydrogen) atoms. The SMILES string of the molecule is O=C(CSc1nnc(-c2ccccc2)n1-c1ccc(Cl)cc1)N/N=C/C=C/c1ccccc1[N+](=O)[O-]. The first-order valence-corrected chi connectivity index (χ1v) is 12.0. The molecular formula is C25H19ClN6O3S. The highest BCUT2D eigenvalue weighted by atomic mass is 35.5. The van der Waals surface area contributed by atoms with E-state index in [0.29, 0.717) is 21.6 Å². The number of hydrogen-bond acceptors (Lipinski definition) is 7. The van der Waals surface area contributed by atoms with Crippen LogP contribution in [0.5, 0.6) is 0 Å². The van der Waals surface area contributed by atoms with Crippen molar-refractivity contribution in [2.24, 2.45) is 5.10 Å². The number of hydrazone groups is 1. The topological polar surface area (TPSA) is 115 Å². The van der Waals surface area contributed by atoms with Gasteiger partial charge in [-0.15, -0.1) is 10.2 Å². The van der Waals surface area contributed by atoms with E-state index in [1.54, 1.807) is 36.4 Å². The van der Waals surface area contributed by atoms with E-state index in [1.807, 2.05) is 47.0 Å². The molecule has 0 atom stereocenters. The number of nitrogens with one attached hydrogen (secondary N) is 1. The molecule has 1 heterocycles. The van der Waals surface area contributed by atoms with Crippen LogP contribution in [0, 0.1) is 10.1 Å². The first-order chi connectivity index (χ1) is 17.5.